The standard InChI is InChI=1S/C13H18BrN/c1-10-3-2-4-13(10)15-9-11-5-7-12(14)8-6-11/h5-8,10,13,15H,2-4,9H2,1H3. The lowest BCUT2D eigenvalue weighted by molar-refractivity contribution is 0.426. The van der Waals surface area contributed by atoms with E-state index in [2.05, 4.69) is 52.4 Å². The van der Waals surface area contributed by atoms with Crippen LogP contribution in [0, 0.1) is 5.92 Å². The van der Waals surface area contributed by atoms with E-state index in [0.717, 1.165) is 23.0 Å². The maximum absolute atomic E-state index is 3.65. The summed E-state index contributed by atoms with van der Waals surface area (Å²) in [7, 11) is 0. The van der Waals surface area contributed by atoms with Crippen LogP contribution < -0.4 is 5.32 Å². The second-order valence-corrected chi connectivity index (χ2v) is 5.44. The molecule has 1 nitrogen and oxygen atoms in total. The van der Waals surface area contributed by atoms with Crippen molar-refractivity contribution in [3.8, 4) is 0 Å². The lowest BCUT2D eigenvalue weighted by Crippen LogP contribution is -2.30. The fraction of sp³-hybridized carbons (Fsp3) is 0.538. The van der Waals surface area contributed by atoms with E-state index in [1.807, 2.05) is 0 Å². The van der Waals surface area contributed by atoms with E-state index in [1.54, 1.807) is 0 Å². The Kier molecular flexibility index (Phi) is 3.81. The van der Waals surface area contributed by atoms with Gasteiger partial charge in [-0.2, -0.15) is 0 Å². The third-order valence-electron chi connectivity index (χ3n) is 3.34. The van der Waals surface area contributed by atoms with E-state index in [1.165, 1.54) is 24.8 Å². The fourth-order valence-electron chi connectivity index (χ4n) is 2.30. The summed E-state index contributed by atoms with van der Waals surface area (Å²) in [4.78, 5) is 0. The largest absolute Gasteiger partial charge is 0.310 e. The van der Waals surface area contributed by atoms with Crippen molar-refractivity contribution in [1.82, 2.24) is 5.32 Å². The Labute approximate surface area is 100 Å². The van der Waals surface area contributed by atoms with Gasteiger partial charge in [0.15, 0.2) is 0 Å². The van der Waals surface area contributed by atoms with Crippen molar-refractivity contribution in [2.75, 3.05) is 0 Å². The highest BCUT2D eigenvalue weighted by molar-refractivity contribution is 9.10. The molecule has 82 valence electrons. The van der Waals surface area contributed by atoms with Crippen LogP contribution in [-0.2, 0) is 6.54 Å². The molecule has 0 heterocycles. The van der Waals surface area contributed by atoms with Crippen LogP contribution in [0.3, 0.4) is 0 Å². The molecule has 15 heavy (non-hydrogen) atoms. The average molecular weight is 268 g/mol. The van der Waals surface area contributed by atoms with Gasteiger partial charge in [0.2, 0.25) is 0 Å². The summed E-state index contributed by atoms with van der Waals surface area (Å²) in [6.07, 6.45) is 4.12. The molecule has 0 spiro atoms. The third kappa shape index (κ3) is 3.05. The normalized spacial score (nSPS) is 25.7. The summed E-state index contributed by atoms with van der Waals surface area (Å²) in [6.45, 7) is 3.36. The first-order valence-electron chi connectivity index (χ1n) is 5.73. The monoisotopic (exact) mass is 267 g/mol. The van der Waals surface area contributed by atoms with Crippen LogP contribution in [0.1, 0.15) is 31.7 Å². The molecule has 1 aromatic carbocycles. The van der Waals surface area contributed by atoms with Crippen molar-refractivity contribution >= 4 is 15.9 Å². The second-order valence-electron chi connectivity index (χ2n) is 4.52. The molecule has 1 saturated carbocycles. The molecule has 2 rings (SSSR count). The van der Waals surface area contributed by atoms with Gasteiger partial charge in [-0.3, -0.25) is 0 Å². The molecule has 1 aliphatic rings. The van der Waals surface area contributed by atoms with Crippen LogP contribution in [0.15, 0.2) is 28.7 Å². The summed E-state index contributed by atoms with van der Waals surface area (Å²) >= 11 is 3.45. The number of rotatable bonds is 3. The summed E-state index contributed by atoms with van der Waals surface area (Å²) in [5.74, 6) is 0.848. The van der Waals surface area contributed by atoms with Gasteiger partial charge < -0.3 is 5.32 Å². The lowest BCUT2D eigenvalue weighted by atomic mass is 10.1. The van der Waals surface area contributed by atoms with Crippen molar-refractivity contribution in [3.05, 3.63) is 34.3 Å². The van der Waals surface area contributed by atoms with Crippen molar-refractivity contribution in [2.24, 2.45) is 5.92 Å². The van der Waals surface area contributed by atoms with Gasteiger partial charge in [0.25, 0.3) is 0 Å². The first-order chi connectivity index (χ1) is 7.25. The fourth-order valence-corrected chi connectivity index (χ4v) is 2.56. The molecule has 0 amide bonds. The van der Waals surface area contributed by atoms with Gasteiger partial charge in [-0.1, -0.05) is 41.4 Å². The molecule has 0 saturated heterocycles. The summed E-state index contributed by atoms with van der Waals surface area (Å²) in [5, 5.41) is 3.65. The van der Waals surface area contributed by atoms with Crippen molar-refractivity contribution in [2.45, 2.75) is 38.8 Å². The molecule has 1 aromatic rings. The quantitative estimate of drug-likeness (QED) is 0.880. The molecule has 1 N–H and O–H groups in total. The van der Waals surface area contributed by atoms with Crippen LogP contribution in [-0.4, -0.2) is 6.04 Å². The minimum Gasteiger partial charge on any atom is -0.310 e. The van der Waals surface area contributed by atoms with Crippen molar-refractivity contribution in [1.29, 1.82) is 0 Å². The maximum atomic E-state index is 3.65. The van der Waals surface area contributed by atoms with Gasteiger partial charge in [-0.05, 0) is 36.5 Å². The topological polar surface area (TPSA) is 12.0 Å². The predicted molar refractivity (Wildman–Crippen MR) is 67.8 cm³/mol. The molecule has 0 aliphatic heterocycles. The Morgan fingerprint density at radius 1 is 1.27 bits per heavy atom. The maximum Gasteiger partial charge on any atom is 0.0208 e. The molecule has 2 atom stereocenters. The number of hydrogen-bond acceptors (Lipinski definition) is 1. The molecule has 0 radical (unpaired) electrons. The zero-order chi connectivity index (χ0) is 10.7. The van der Waals surface area contributed by atoms with Gasteiger partial charge in [0.05, 0.1) is 0 Å². The Bertz CT molecular complexity index is 307. The number of hydrogen-bond donors (Lipinski definition) is 1. The molecule has 1 fully saturated rings. The van der Waals surface area contributed by atoms with Crippen LogP contribution in [0.5, 0.6) is 0 Å². The number of halogens is 1. The lowest BCUT2D eigenvalue weighted by Gasteiger charge is -2.17. The average Bonchev–Trinajstić information content (AvgIpc) is 2.63. The first-order valence-corrected chi connectivity index (χ1v) is 6.53. The van der Waals surface area contributed by atoms with Crippen LogP contribution >= 0.6 is 15.9 Å². The minimum absolute atomic E-state index is 0.730. The number of nitrogens with one attached hydrogen (secondary N) is 1. The summed E-state index contributed by atoms with van der Waals surface area (Å²) in [6, 6.07) is 9.30. The van der Waals surface area contributed by atoms with E-state index in [0.29, 0.717) is 0 Å². The van der Waals surface area contributed by atoms with E-state index in [-0.39, 0.29) is 0 Å². The molecule has 2 heteroatoms. The third-order valence-corrected chi connectivity index (χ3v) is 3.87. The van der Waals surface area contributed by atoms with Gasteiger partial charge in [-0.15, -0.1) is 0 Å². The highest BCUT2D eigenvalue weighted by Gasteiger charge is 2.22. The highest BCUT2D eigenvalue weighted by Crippen LogP contribution is 2.25. The smallest absolute Gasteiger partial charge is 0.0208 e. The highest BCUT2D eigenvalue weighted by atomic mass is 79.9. The van der Waals surface area contributed by atoms with Crippen molar-refractivity contribution in [3.63, 3.8) is 0 Å². The van der Waals surface area contributed by atoms with E-state index >= 15 is 0 Å². The molecule has 2 unspecified atom stereocenters. The van der Waals surface area contributed by atoms with E-state index in [4.69, 9.17) is 0 Å². The van der Waals surface area contributed by atoms with Gasteiger partial charge in [0.1, 0.15) is 0 Å². The zero-order valence-corrected chi connectivity index (χ0v) is 10.8. The number of benzene rings is 1. The van der Waals surface area contributed by atoms with Crippen molar-refractivity contribution < 1.29 is 0 Å². The van der Waals surface area contributed by atoms with Gasteiger partial charge in [0, 0.05) is 17.1 Å². The molecular formula is C13H18BrN. The molecule has 0 bridgehead atoms. The Morgan fingerprint density at radius 3 is 2.60 bits per heavy atom. The van der Waals surface area contributed by atoms with Crippen LogP contribution in [0.4, 0.5) is 0 Å². The van der Waals surface area contributed by atoms with Gasteiger partial charge in [-0.25, -0.2) is 0 Å². The van der Waals surface area contributed by atoms with Crippen LogP contribution in [0.2, 0.25) is 0 Å². The van der Waals surface area contributed by atoms with E-state index in [9.17, 15) is 0 Å². The van der Waals surface area contributed by atoms with Gasteiger partial charge >= 0.3 is 0 Å². The Hall–Kier alpha value is -0.340. The van der Waals surface area contributed by atoms with E-state index < -0.39 is 0 Å². The SMILES string of the molecule is CC1CCCC1NCc1ccc(Br)cc1. The Balaban J connectivity index is 1.85. The summed E-state index contributed by atoms with van der Waals surface area (Å²) in [5.41, 5.74) is 1.37. The molecule has 1 aliphatic carbocycles. The van der Waals surface area contributed by atoms with Crippen LogP contribution in [0.25, 0.3) is 0 Å². The minimum atomic E-state index is 0.730. The first kappa shape index (κ1) is 11.2. The predicted octanol–water partition coefficient (Wildman–Crippen LogP) is 3.73. The molecular weight excluding hydrogens is 250 g/mol. The molecule has 0 aromatic heterocycles. The second kappa shape index (κ2) is 5.13. The Morgan fingerprint density at radius 2 is 2.00 bits per heavy atom. The summed E-state index contributed by atoms with van der Waals surface area (Å²) < 4.78 is 1.15. The zero-order valence-electron chi connectivity index (χ0n) is 9.17.